The summed E-state index contributed by atoms with van der Waals surface area (Å²) in [6.07, 6.45) is -5.45. The summed E-state index contributed by atoms with van der Waals surface area (Å²) in [7, 11) is 0. The standard InChI is InChI=1S/C12H15F3O2/c1-2-10(16)9-5-3-4-6-11(9)17-8-7-12(13,14)15/h3-6,10,16H,2,7-8H2,1H3/t10-/m0/s1. The number of aliphatic hydroxyl groups excluding tert-OH is 1. The number of rotatable bonds is 5. The highest BCUT2D eigenvalue weighted by atomic mass is 19.4. The van der Waals surface area contributed by atoms with Crippen LogP contribution in [-0.2, 0) is 0 Å². The van der Waals surface area contributed by atoms with Crippen LogP contribution < -0.4 is 4.74 Å². The molecular formula is C12H15F3O2. The highest BCUT2D eigenvalue weighted by Crippen LogP contribution is 2.28. The molecule has 0 aromatic heterocycles. The molecule has 96 valence electrons. The quantitative estimate of drug-likeness (QED) is 0.864. The number of halogens is 3. The maximum Gasteiger partial charge on any atom is 0.392 e. The van der Waals surface area contributed by atoms with Crippen molar-refractivity contribution in [3.05, 3.63) is 29.8 Å². The predicted molar refractivity (Wildman–Crippen MR) is 57.9 cm³/mol. The van der Waals surface area contributed by atoms with E-state index < -0.39 is 25.3 Å². The molecule has 0 bridgehead atoms. The molecule has 1 atom stereocenters. The average molecular weight is 248 g/mol. The maximum atomic E-state index is 12.0. The lowest BCUT2D eigenvalue weighted by molar-refractivity contribution is -0.139. The Morgan fingerprint density at radius 1 is 1.29 bits per heavy atom. The average Bonchev–Trinajstić information content (AvgIpc) is 2.27. The fourth-order valence-corrected chi connectivity index (χ4v) is 1.38. The fourth-order valence-electron chi connectivity index (χ4n) is 1.38. The van der Waals surface area contributed by atoms with Gasteiger partial charge in [0.25, 0.3) is 0 Å². The Kier molecular flexibility index (Phi) is 4.81. The number of alkyl halides is 3. The molecule has 1 aromatic rings. The molecule has 0 amide bonds. The monoisotopic (exact) mass is 248 g/mol. The summed E-state index contributed by atoms with van der Waals surface area (Å²) in [5.74, 6) is 0.311. The summed E-state index contributed by atoms with van der Waals surface area (Å²) in [4.78, 5) is 0. The van der Waals surface area contributed by atoms with Crippen LogP contribution in [0.2, 0.25) is 0 Å². The van der Waals surface area contributed by atoms with Crippen LogP contribution in [0.4, 0.5) is 13.2 Å². The van der Waals surface area contributed by atoms with Crippen molar-refractivity contribution in [2.75, 3.05) is 6.61 Å². The zero-order chi connectivity index (χ0) is 12.9. The van der Waals surface area contributed by atoms with E-state index in [0.29, 0.717) is 17.7 Å². The molecule has 5 heteroatoms. The normalized spacial score (nSPS) is 13.5. The molecule has 1 rings (SSSR count). The van der Waals surface area contributed by atoms with Crippen LogP contribution in [-0.4, -0.2) is 17.9 Å². The smallest absolute Gasteiger partial charge is 0.392 e. The Morgan fingerprint density at radius 3 is 2.53 bits per heavy atom. The van der Waals surface area contributed by atoms with Crippen LogP contribution >= 0.6 is 0 Å². The van der Waals surface area contributed by atoms with E-state index in [1.165, 1.54) is 0 Å². The lowest BCUT2D eigenvalue weighted by Crippen LogP contribution is -2.13. The molecule has 0 aliphatic carbocycles. The number of hydrogen-bond donors (Lipinski definition) is 1. The molecule has 0 saturated carbocycles. The summed E-state index contributed by atoms with van der Waals surface area (Å²) in [5.41, 5.74) is 0.525. The molecule has 0 spiro atoms. The summed E-state index contributed by atoms with van der Waals surface area (Å²) >= 11 is 0. The van der Waals surface area contributed by atoms with Gasteiger partial charge >= 0.3 is 6.18 Å². The van der Waals surface area contributed by atoms with E-state index in [1.54, 1.807) is 31.2 Å². The molecule has 0 aliphatic rings. The second-order valence-electron chi connectivity index (χ2n) is 3.68. The number of benzene rings is 1. The topological polar surface area (TPSA) is 29.5 Å². The predicted octanol–water partition coefficient (Wildman–Crippen LogP) is 3.46. The molecule has 2 nitrogen and oxygen atoms in total. The van der Waals surface area contributed by atoms with Gasteiger partial charge in [-0.25, -0.2) is 0 Å². The van der Waals surface area contributed by atoms with E-state index >= 15 is 0 Å². The highest BCUT2D eigenvalue weighted by molar-refractivity contribution is 5.34. The van der Waals surface area contributed by atoms with E-state index in [2.05, 4.69) is 0 Å². The van der Waals surface area contributed by atoms with Crippen molar-refractivity contribution in [3.63, 3.8) is 0 Å². The van der Waals surface area contributed by atoms with Crippen molar-refractivity contribution in [2.45, 2.75) is 32.0 Å². The fraction of sp³-hybridized carbons (Fsp3) is 0.500. The molecule has 1 N–H and O–H groups in total. The van der Waals surface area contributed by atoms with Gasteiger partial charge in [0.1, 0.15) is 5.75 Å². The van der Waals surface area contributed by atoms with Crippen molar-refractivity contribution < 1.29 is 23.0 Å². The maximum absolute atomic E-state index is 12.0. The zero-order valence-electron chi connectivity index (χ0n) is 9.50. The Morgan fingerprint density at radius 2 is 1.94 bits per heavy atom. The molecule has 0 aliphatic heterocycles. The Hall–Kier alpha value is -1.23. The van der Waals surface area contributed by atoms with Crippen LogP contribution in [0.15, 0.2) is 24.3 Å². The highest BCUT2D eigenvalue weighted by Gasteiger charge is 2.27. The van der Waals surface area contributed by atoms with Gasteiger partial charge in [-0.1, -0.05) is 25.1 Å². The first-order chi connectivity index (χ1) is 7.94. The van der Waals surface area contributed by atoms with E-state index in [0.717, 1.165) is 0 Å². The minimum atomic E-state index is -4.22. The SMILES string of the molecule is CC[C@H](O)c1ccccc1OCCC(F)(F)F. The van der Waals surface area contributed by atoms with Crippen molar-refractivity contribution in [2.24, 2.45) is 0 Å². The van der Waals surface area contributed by atoms with Crippen molar-refractivity contribution in [1.82, 2.24) is 0 Å². The van der Waals surface area contributed by atoms with Gasteiger partial charge in [0.05, 0.1) is 19.1 Å². The van der Waals surface area contributed by atoms with E-state index in [-0.39, 0.29) is 0 Å². The molecule has 17 heavy (non-hydrogen) atoms. The Bertz CT molecular complexity index is 350. The molecule has 0 saturated heterocycles. The van der Waals surface area contributed by atoms with Gasteiger partial charge in [0.15, 0.2) is 0 Å². The molecule has 0 radical (unpaired) electrons. The summed E-state index contributed by atoms with van der Waals surface area (Å²) in [6, 6.07) is 6.58. The van der Waals surface area contributed by atoms with Gasteiger partial charge in [-0.2, -0.15) is 13.2 Å². The second-order valence-corrected chi connectivity index (χ2v) is 3.68. The number of para-hydroxylation sites is 1. The minimum Gasteiger partial charge on any atom is -0.493 e. The van der Waals surface area contributed by atoms with Crippen molar-refractivity contribution in [1.29, 1.82) is 0 Å². The van der Waals surface area contributed by atoms with Crippen molar-refractivity contribution >= 4 is 0 Å². The zero-order valence-corrected chi connectivity index (χ0v) is 9.50. The third kappa shape index (κ3) is 4.65. The van der Waals surface area contributed by atoms with Crippen molar-refractivity contribution in [3.8, 4) is 5.75 Å². The van der Waals surface area contributed by atoms with Crippen LogP contribution in [0, 0.1) is 0 Å². The van der Waals surface area contributed by atoms with Gasteiger partial charge in [-0.05, 0) is 12.5 Å². The van der Waals surface area contributed by atoms with Gasteiger partial charge < -0.3 is 9.84 Å². The van der Waals surface area contributed by atoms with Gasteiger partial charge in [0.2, 0.25) is 0 Å². The van der Waals surface area contributed by atoms with Crippen LogP contribution in [0.3, 0.4) is 0 Å². The lowest BCUT2D eigenvalue weighted by atomic mass is 10.1. The minimum absolute atomic E-state index is 0.311. The molecule has 0 heterocycles. The summed E-state index contributed by atoms with van der Waals surface area (Å²) < 4.78 is 40.9. The van der Waals surface area contributed by atoms with Gasteiger partial charge in [-0.15, -0.1) is 0 Å². The second kappa shape index (κ2) is 5.91. The lowest BCUT2D eigenvalue weighted by Gasteiger charge is -2.15. The first-order valence-corrected chi connectivity index (χ1v) is 5.40. The van der Waals surface area contributed by atoms with E-state index in [9.17, 15) is 18.3 Å². The summed E-state index contributed by atoms with van der Waals surface area (Å²) in [6.45, 7) is 1.36. The first kappa shape index (κ1) is 13.8. The summed E-state index contributed by atoms with van der Waals surface area (Å²) in [5, 5.41) is 9.67. The molecule has 0 fully saturated rings. The first-order valence-electron chi connectivity index (χ1n) is 5.40. The Labute approximate surface area is 98.0 Å². The molecule has 1 aromatic carbocycles. The third-order valence-corrected chi connectivity index (χ3v) is 2.31. The largest absolute Gasteiger partial charge is 0.493 e. The van der Waals surface area contributed by atoms with E-state index in [1.807, 2.05) is 0 Å². The number of ether oxygens (including phenoxy) is 1. The van der Waals surface area contributed by atoms with Gasteiger partial charge in [-0.3, -0.25) is 0 Å². The van der Waals surface area contributed by atoms with E-state index in [4.69, 9.17) is 4.74 Å². The van der Waals surface area contributed by atoms with Crippen LogP contribution in [0.25, 0.3) is 0 Å². The molecule has 0 unspecified atom stereocenters. The van der Waals surface area contributed by atoms with Crippen LogP contribution in [0.5, 0.6) is 5.75 Å². The number of aliphatic hydroxyl groups is 1. The van der Waals surface area contributed by atoms with Crippen LogP contribution in [0.1, 0.15) is 31.4 Å². The molecular weight excluding hydrogens is 233 g/mol. The number of hydrogen-bond acceptors (Lipinski definition) is 2. The van der Waals surface area contributed by atoms with Gasteiger partial charge in [0, 0.05) is 5.56 Å². The Balaban J connectivity index is 2.64. The third-order valence-electron chi connectivity index (χ3n) is 2.31.